The van der Waals surface area contributed by atoms with Gasteiger partial charge in [-0.3, -0.25) is 4.79 Å². The molecular weight excluding hydrogens is 1030 g/mol. The zero-order chi connectivity index (χ0) is 60.0. The third kappa shape index (κ3) is 51.4. The molecule has 0 saturated carbocycles. The van der Waals surface area contributed by atoms with Gasteiger partial charge in [0.25, 0.3) is 0 Å². The summed E-state index contributed by atoms with van der Waals surface area (Å²) in [6.07, 6.45) is 81.1. The summed E-state index contributed by atoms with van der Waals surface area (Å²) in [5, 5.41) is 55.0. The summed E-state index contributed by atoms with van der Waals surface area (Å²) in [6.45, 7) is 3.76. The molecule has 0 aromatic carbocycles. The number of hydrogen-bond donors (Lipinski definition) is 6. The third-order valence-corrected chi connectivity index (χ3v) is 16.8. The van der Waals surface area contributed by atoms with Crippen molar-refractivity contribution < 1.29 is 39.8 Å². The molecule has 1 aliphatic rings. The van der Waals surface area contributed by atoms with Gasteiger partial charge in [-0.05, 0) is 64.2 Å². The van der Waals surface area contributed by atoms with E-state index in [-0.39, 0.29) is 12.5 Å². The van der Waals surface area contributed by atoms with Crippen LogP contribution in [0.3, 0.4) is 0 Å². The number of allylic oxidation sites excluding steroid dienone is 12. The Morgan fingerprint density at radius 1 is 0.422 bits per heavy atom. The molecule has 1 saturated heterocycles. The topological polar surface area (TPSA) is 149 Å². The third-order valence-electron chi connectivity index (χ3n) is 16.8. The van der Waals surface area contributed by atoms with Crippen LogP contribution in [0, 0.1) is 0 Å². The molecule has 9 nitrogen and oxygen atoms in total. The molecule has 1 rings (SSSR count). The molecular formula is C74H135NO8. The van der Waals surface area contributed by atoms with Crippen LogP contribution >= 0.6 is 0 Å². The maximum atomic E-state index is 13.2. The van der Waals surface area contributed by atoms with E-state index in [2.05, 4.69) is 92.1 Å². The average Bonchev–Trinajstić information content (AvgIpc) is 3.60. The minimum Gasteiger partial charge on any atom is -0.394 e. The number of nitrogens with one attached hydrogen (secondary N) is 1. The molecule has 0 aromatic rings. The summed E-state index contributed by atoms with van der Waals surface area (Å²) in [5.41, 5.74) is 0. The van der Waals surface area contributed by atoms with Crippen molar-refractivity contribution in [1.82, 2.24) is 5.32 Å². The lowest BCUT2D eigenvalue weighted by molar-refractivity contribution is -0.302. The molecule has 0 bridgehead atoms. The predicted molar refractivity (Wildman–Crippen MR) is 355 cm³/mol. The maximum Gasteiger partial charge on any atom is 0.220 e. The molecule has 484 valence electrons. The molecule has 1 heterocycles. The highest BCUT2D eigenvalue weighted by Crippen LogP contribution is 2.24. The largest absolute Gasteiger partial charge is 0.394 e. The lowest BCUT2D eigenvalue weighted by Gasteiger charge is -2.40. The number of hydrogen-bond acceptors (Lipinski definition) is 8. The molecule has 7 unspecified atom stereocenters. The molecule has 9 heteroatoms. The summed E-state index contributed by atoms with van der Waals surface area (Å²) in [7, 11) is 0. The van der Waals surface area contributed by atoms with Gasteiger partial charge in [-0.25, -0.2) is 0 Å². The molecule has 7 atom stereocenters. The second-order valence-electron chi connectivity index (χ2n) is 24.7. The molecule has 1 amide bonds. The number of ether oxygens (including phenoxy) is 2. The first-order valence-electron chi connectivity index (χ1n) is 35.6. The zero-order valence-electron chi connectivity index (χ0n) is 54.2. The zero-order valence-corrected chi connectivity index (χ0v) is 54.2. The van der Waals surface area contributed by atoms with Crippen molar-refractivity contribution in [2.45, 2.75) is 378 Å². The molecule has 6 N–H and O–H groups in total. The highest BCUT2D eigenvalue weighted by atomic mass is 16.7. The summed E-state index contributed by atoms with van der Waals surface area (Å²) >= 11 is 0. The SMILES string of the molecule is CC/C=C\C/C=C\C/C=C\C/C=C\C/C=C\C/C=C\CCCCCCCCCCCCC(=O)NC(COC1OC(CO)C(O)C(O)C1O)C(O)CCCCCCCCCCCCCCCCCCCCCCCCCCCCCCCCC. The van der Waals surface area contributed by atoms with Crippen LogP contribution in [0.15, 0.2) is 72.9 Å². The summed E-state index contributed by atoms with van der Waals surface area (Å²) in [5.74, 6) is -0.147. The first-order chi connectivity index (χ1) is 40.8. The summed E-state index contributed by atoms with van der Waals surface area (Å²) in [4.78, 5) is 13.2. The van der Waals surface area contributed by atoms with Crippen molar-refractivity contribution in [2.75, 3.05) is 13.2 Å². The summed E-state index contributed by atoms with van der Waals surface area (Å²) < 4.78 is 11.4. The Kier molecular flexibility index (Phi) is 59.4. The van der Waals surface area contributed by atoms with Crippen molar-refractivity contribution in [3.63, 3.8) is 0 Å². The van der Waals surface area contributed by atoms with E-state index in [0.717, 1.165) is 83.5 Å². The van der Waals surface area contributed by atoms with Crippen LogP contribution in [-0.2, 0) is 14.3 Å². The van der Waals surface area contributed by atoms with Crippen LogP contribution in [0.25, 0.3) is 0 Å². The Bertz CT molecular complexity index is 1540. The molecule has 83 heavy (non-hydrogen) atoms. The van der Waals surface area contributed by atoms with Gasteiger partial charge in [0, 0.05) is 6.42 Å². The number of aliphatic hydroxyl groups excluding tert-OH is 5. The number of aliphatic hydroxyl groups is 5. The number of amides is 1. The van der Waals surface area contributed by atoms with Gasteiger partial charge < -0.3 is 40.3 Å². The minimum absolute atomic E-state index is 0.141. The van der Waals surface area contributed by atoms with Gasteiger partial charge in [0.15, 0.2) is 6.29 Å². The highest BCUT2D eigenvalue weighted by Gasteiger charge is 2.44. The second kappa shape index (κ2) is 62.7. The van der Waals surface area contributed by atoms with E-state index in [4.69, 9.17) is 9.47 Å². The van der Waals surface area contributed by atoms with Crippen molar-refractivity contribution in [1.29, 1.82) is 0 Å². The van der Waals surface area contributed by atoms with E-state index in [0.29, 0.717) is 12.8 Å². The molecule has 1 aliphatic heterocycles. The van der Waals surface area contributed by atoms with Gasteiger partial charge in [0.05, 0.1) is 25.4 Å². The van der Waals surface area contributed by atoms with Crippen LogP contribution in [0.4, 0.5) is 0 Å². The van der Waals surface area contributed by atoms with Crippen LogP contribution in [0.5, 0.6) is 0 Å². The fraction of sp³-hybridized carbons (Fsp3) is 0.824. The Hall–Kier alpha value is -2.37. The number of carbonyl (C=O) groups excluding carboxylic acids is 1. The smallest absolute Gasteiger partial charge is 0.220 e. The van der Waals surface area contributed by atoms with Gasteiger partial charge in [-0.2, -0.15) is 0 Å². The van der Waals surface area contributed by atoms with Crippen molar-refractivity contribution >= 4 is 5.91 Å². The van der Waals surface area contributed by atoms with E-state index < -0.39 is 49.5 Å². The summed E-state index contributed by atoms with van der Waals surface area (Å²) in [6, 6.07) is -0.728. The quantitative estimate of drug-likeness (QED) is 0.0261. The van der Waals surface area contributed by atoms with Gasteiger partial charge in [0.2, 0.25) is 5.91 Å². The maximum absolute atomic E-state index is 13.2. The molecule has 0 aromatic heterocycles. The fourth-order valence-electron chi connectivity index (χ4n) is 11.3. The van der Waals surface area contributed by atoms with E-state index >= 15 is 0 Å². The Morgan fingerprint density at radius 3 is 1.11 bits per heavy atom. The normalized spacial score (nSPS) is 18.7. The molecule has 0 aliphatic carbocycles. The van der Waals surface area contributed by atoms with E-state index in [1.807, 2.05) is 0 Å². The molecule has 0 radical (unpaired) electrons. The van der Waals surface area contributed by atoms with Gasteiger partial charge in [-0.15, -0.1) is 0 Å². The lowest BCUT2D eigenvalue weighted by atomic mass is 9.99. The van der Waals surface area contributed by atoms with Crippen LogP contribution in [0.2, 0.25) is 0 Å². The first kappa shape index (κ1) is 78.6. The van der Waals surface area contributed by atoms with E-state index in [9.17, 15) is 30.3 Å². The van der Waals surface area contributed by atoms with Gasteiger partial charge >= 0.3 is 0 Å². The van der Waals surface area contributed by atoms with Gasteiger partial charge in [-0.1, -0.05) is 337 Å². The number of unbranched alkanes of at least 4 members (excludes halogenated alkanes) is 40. The Labute approximate surface area is 512 Å². The monoisotopic (exact) mass is 1170 g/mol. The molecule has 0 spiro atoms. The lowest BCUT2D eigenvalue weighted by Crippen LogP contribution is -2.60. The fourth-order valence-corrected chi connectivity index (χ4v) is 11.3. The second-order valence-corrected chi connectivity index (χ2v) is 24.7. The van der Waals surface area contributed by atoms with Crippen LogP contribution in [-0.4, -0.2) is 87.5 Å². The Morgan fingerprint density at radius 2 is 0.747 bits per heavy atom. The van der Waals surface area contributed by atoms with Crippen molar-refractivity contribution in [3.8, 4) is 0 Å². The minimum atomic E-state index is -1.56. The van der Waals surface area contributed by atoms with Crippen LogP contribution in [0.1, 0.15) is 335 Å². The number of carbonyl (C=O) groups is 1. The standard InChI is InChI=1S/C74H135NO8/c1-3-5-7-9-11-13-15-17-19-21-23-25-27-29-31-33-34-36-37-39-41-43-45-47-49-51-53-55-57-59-61-63-68(77)67(66-82-74-73(81)72(80)71(79)69(65-76)83-74)75-70(78)64-62-60-58-56-54-52-50-48-46-44-42-40-38-35-32-30-28-26-24-22-20-18-16-14-12-10-8-6-4-2/h6,8,12,14,18,20,24,26,30,32,38,40,67-69,71-74,76-77,79-81H,3-5,7,9-11,13,15-17,19,21-23,25,27-29,31,33-37,39,41-66H2,1-2H3,(H,75,78)/b8-6-,14-12-,20-18-,26-24-,32-30-,40-38-. The van der Waals surface area contributed by atoms with Crippen LogP contribution < -0.4 is 5.32 Å². The number of rotatable bonds is 62. The first-order valence-corrected chi connectivity index (χ1v) is 35.6. The van der Waals surface area contributed by atoms with Gasteiger partial charge in [0.1, 0.15) is 24.4 Å². The predicted octanol–water partition coefficient (Wildman–Crippen LogP) is 19.5. The van der Waals surface area contributed by atoms with E-state index in [1.165, 1.54) is 225 Å². The highest BCUT2D eigenvalue weighted by molar-refractivity contribution is 5.76. The van der Waals surface area contributed by atoms with Crippen molar-refractivity contribution in [2.24, 2.45) is 0 Å². The molecule has 1 fully saturated rings. The Balaban J connectivity index is 2.12. The van der Waals surface area contributed by atoms with Crippen molar-refractivity contribution in [3.05, 3.63) is 72.9 Å². The van der Waals surface area contributed by atoms with E-state index in [1.54, 1.807) is 0 Å². The average molecular weight is 1170 g/mol.